The van der Waals surface area contributed by atoms with E-state index < -0.39 is 10.2 Å². The minimum atomic E-state index is -3.48. The summed E-state index contributed by atoms with van der Waals surface area (Å²) in [6, 6.07) is 0. The monoisotopic (exact) mass is 306 g/mol. The standard InChI is InChI=1S/C12H22N2O5S/c1-10-9-11(10)12(15)19-8-3-13(2)20(16,17)14-4-6-18-7-5-14/h10-11H,3-9H2,1-2H3/t10-,11-/m1/s1. The van der Waals surface area contributed by atoms with Gasteiger partial charge in [0.05, 0.1) is 19.1 Å². The van der Waals surface area contributed by atoms with Gasteiger partial charge in [0.25, 0.3) is 10.2 Å². The highest BCUT2D eigenvalue weighted by Crippen LogP contribution is 2.38. The third-order valence-corrected chi connectivity index (χ3v) is 5.74. The van der Waals surface area contributed by atoms with Crippen LogP contribution in [0.2, 0.25) is 0 Å². The third kappa shape index (κ3) is 3.69. The van der Waals surface area contributed by atoms with Crippen molar-refractivity contribution in [3.63, 3.8) is 0 Å². The molecule has 2 atom stereocenters. The topological polar surface area (TPSA) is 76.2 Å². The smallest absolute Gasteiger partial charge is 0.309 e. The molecule has 8 heteroatoms. The Hall–Kier alpha value is -0.700. The number of likely N-dealkylation sites (N-methyl/N-ethyl adjacent to an activating group) is 1. The summed E-state index contributed by atoms with van der Waals surface area (Å²) in [5.41, 5.74) is 0. The van der Waals surface area contributed by atoms with Gasteiger partial charge in [-0.05, 0) is 12.3 Å². The van der Waals surface area contributed by atoms with E-state index in [1.165, 1.54) is 15.7 Å². The second kappa shape index (κ2) is 6.38. The first-order valence-electron chi connectivity index (χ1n) is 6.88. The molecule has 2 fully saturated rings. The molecule has 1 saturated heterocycles. The average Bonchev–Trinajstić information content (AvgIpc) is 3.16. The first-order chi connectivity index (χ1) is 9.43. The van der Waals surface area contributed by atoms with E-state index in [0.717, 1.165) is 6.42 Å². The zero-order valence-corrected chi connectivity index (χ0v) is 12.8. The maximum absolute atomic E-state index is 12.2. The quantitative estimate of drug-likeness (QED) is 0.630. The molecule has 2 aliphatic rings. The van der Waals surface area contributed by atoms with Crippen molar-refractivity contribution in [3.8, 4) is 0 Å². The Balaban J connectivity index is 1.75. The van der Waals surface area contributed by atoms with Gasteiger partial charge < -0.3 is 9.47 Å². The van der Waals surface area contributed by atoms with Crippen molar-refractivity contribution < 1.29 is 22.7 Å². The summed E-state index contributed by atoms with van der Waals surface area (Å²) in [5, 5.41) is 0. The summed E-state index contributed by atoms with van der Waals surface area (Å²) < 4.78 is 37.3. The molecule has 2 rings (SSSR count). The van der Waals surface area contributed by atoms with Crippen molar-refractivity contribution in [2.75, 3.05) is 46.5 Å². The van der Waals surface area contributed by atoms with Crippen LogP contribution in [-0.2, 0) is 24.5 Å². The summed E-state index contributed by atoms with van der Waals surface area (Å²) >= 11 is 0. The molecule has 0 aromatic rings. The van der Waals surface area contributed by atoms with Gasteiger partial charge in [0.2, 0.25) is 0 Å². The summed E-state index contributed by atoms with van der Waals surface area (Å²) in [5.74, 6) is 0.197. The van der Waals surface area contributed by atoms with Crippen LogP contribution in [0.15, 0.2) is 0 Å². The number of hydrogen-bond donors (Lipinski definition) is 0. The third-order valence-electron chi connectivity index (χ3n) is 3.75. The highest BCUT2D eigenvalue weighted by Gasteiger charge is 2.40. The van der Waals surface area contributed by atoms with Crippen molar-refractivity contribution >= 4 is 16.2 Å². The Morgan fingerprint density at radius 1 is 1.40 bits per heavy atom. The lowest BCUT2D eigenvalue weighted by Gasteiger charge is -2.30. The number of hydrogen-bond acceptors (Lipinski definition) is 5. The van der Waals surface area contributed by atoms with Gasteiger partial charge in [0.1, 0.15) is 6.61 Å². The highest BCUT2D eigenvalue weighted by atomic mass is 32.2. The van der Waals surface area contributed by atoms with Crippen molar-refractivity contribution in [1.82, 2.24) is 8.61 Å². The first kappa shape index (κ1) is 15.7. The van der Waals surface area contributed by atoms with E-state index in [1.807, 2.05) is 6.92 Å². The van der Waals surface area contributed by atoms with Crippen LogP contribution >= 0.6 is 0 Å². The Labute approximate surface area is 120 Å². The van der Waals surface area contributed by atoms with Gasteiger partial charge >= 0.3 is 5.97 Å². The zero-order valence-electron chi connectivity index (χ0n) is 11.9. The number of ether oxygens (including phenoxy) is 2. The van der Waals surface area contributed by atoms with Gasteiger partial charge in [-0.3, -0.25) is 4.79 Å². The zero-order chi connectivity index (χ0) is 14.8. The van der Waals surface area contributed by atoms with Gasteiger partial charge in [0, 0.05) is 26.7 Å². The van der Waals surface area contributed by atoms with Gasteiger partial charge in [-0.25, -0.2) is 0 Å². The normalized spacial score (nSPS) is 27.6. The molecule has 1 saturated carbocycles. The van der Waals surface area contributed by atoms with Crippen LogP contribution < -0.4 is 0 Å². The van der Waals surface area contributed by atoms with Gasteiger partial charge in [0.15, 0.2) is 0 Å². The maximum Gasteiger partial charge on any atom is 0.309 e. The van der Waals surface area contributed by atoms with Gasteiger partial charge in [-0.1, -0.05) is 6.92 Å². The molecule has 0 aromatic carbocycles. The fourth-order valence-electron chi connectivity index (χ4n) is 2.12. The number of rotatable bonds is 6. The lowest BCUT2D eigenvalue weighted by Crippen LogP contribution is -2.48. The second-order valence-electron chi connectivity index (χ2n) is 5.33. The van der Waals surface area contributed by atoms with Crippen LogP contribution in [0.5, 0.6) is 0 Å². The molecule has 0 unspecified atom stereocenters. The largest absolute Gasteiger partial charge is 0.464 e. The molecule has 20 heavy (non-hydrogen) atoms. The van der Waals surface area contributed by atoms with Crippen molar-refractivity contribution in [2.24, 2.45) is 11.8 Å². The summed E-state index contributed by atoms with van der Waals surface area (Å²) in [6.07, 6.45) is 0.876. The fraction of sp³-hybridized carbons (Fsp3) is 0.917. The van der Waals surface area contributed by atoms with E-state index in [2.05, 4.69) is 0 Å². The summed E-state index contributed by atoms with van der Waals surface area (Å²) in [6.45, 7) is 3.84. The molecule has 1 aliphatic carbocycles. The number of nitrogens with zero attached hydrogens (tertiary/aromatic N) is 2. The number of esters is 1. The number of morpholine rings is 1. The van der Waals surface area contributed by atoms with E-state index in [9.17, 15) is 13.2 Å². The Morgan fingerprint density at radius 2 is 2.00 bits per heavy atom. The second-order valence-corrected chi connectivity index (χ2v) is 7.36. The Morgan fingerprint density at radius 3 is 2.55 bits per heavy atom. The number of carbonyl (C=O) groups excluding carboxylic acids is 1. The lowest BCUT2D eigenvalue weighted by atomic mass is 10.3. The average molecular weight is 306 g/mol. The molecule has 7 nitrogen and oxygen atoms in total. The first-order valence-corrected chi connectivity index (χ1v) is 8.28. The minimum Gasteiger partial charge on any atom is -0.464 e. The maximum atomic E-state index is 12.2. The molecule has 0 N–H and O–H groups in total. The van der Waals surface area contributed by atoms with Crippen LogP contribution in [-0.4, -0.2) is 69.5 Å². The lowest BCUT2D eigenvalue weighted by molar-refractivity contribution is -0.145. The van der Waals surface area contributed by atoms with E-state index >= 15 is 0 Å². The minimum absolute atomic E-state index is 0.0103. The molecule has 0 bridgehead atoms. The predicted octanol–water partition coefficient (Wildman–Crippen LogP) is -0.306. The Bertz CT molecular complexity index is 447. The van der Waals surface area contributed by atoms with Crippen LogP contribution in [0, 0.1) is 11.8 Å². The molecule has 0 spiro atoms. The van der Waals surface area contributed by atoms with Crippen molar-refractivity contribution in [2.45, 2.75) is 13.3 Å². The molecule has 116 valence electrons. The van der Waals surface area contributed by atoms with E-state index in [1.54, 1.807) is 0 Å². The van der Waals surface area contributed by atoms with Crippen LogP contribution in [0.4, 0.5) is 0 Å². The predicted molar refractivity (Wildman–Crippen MR) is 72.2 cm³/mol. The van der Waals surface area contributed by atoms with E-state index in [-0.39, 0.29) is 25.0 Å². The van der Waals surface area contributed by atoms with Gasteiger partial charge in [-0.2, -0.15) is 17.0 Å². The molecule has 0 radical (unpaired) electrons. The molecule has 1 aliphatic heterocycles. The van der Waals surface area contributed by atoms with Crippen molar-refractivity contribution in [3.05, 3.63) is 0 Å². The fourth-order valence-corrected chi connectivity index (χ4v) is 3.43. The van der Waals surface area contributed by atoms with Crippen molar-refractivity contribution in [1.29, 1.82) is 0 Å². The van der Waals surface area contributed by atoms with Gasteiger partial charge in [-0.15, -0.1) is 0 Å². The summed E-state index contributed by atoms with van der Waals surface area (Å²) in [4.78, 5) is 11.5. The molecule has 0 aromatic heterocycles. The molecule has 1 heterocycles. The van der Waals surface area contributed by atoms with Crippen LogP contribution in [0.1, 0.15) is 13.3 Å². The van der Waals surface area contributed by atoms with Crippen LogP contribution in [0.3, 0.4) is 0 Å². The number of carbonyl (C=O) groups is 1. The SMILES string of the molecule is C[C@@H]1C[C@H]1C(=O)OCCN(C)S(=O)(=O)N1CCOCC1. The summed E-state index contributed by atoms with van der Waals surface area (Å²) in [7, 11) is -1.98. The van der Waals surface area contributed by atoms with E-state index in [0.29, 0.717) is 32.2 Å². The Kier molecular flexibility index (Phi) is 5.00. The van der Waals surface area contributed by atoms with E-state index in [4.69, 9.17) is 9.47 Å². The highest BCUT2D eigenvalue weighted by molar-refractivity contribution is 7.86. The molecule has 0 amide bonds. The molecular formula is C12H22N2O5S. The molecular weight excluding hydrogens is 284 g/mol. The van der Waals surface area contributed by atoms with Crippen LogP contribution in [0.25, 0.3) is 0 Å².